The Labute approximate surface area is 167 Å². The van der Waals surface area contributed by atoms with Crippen molar-refractivity contribution in [3.63, 3.8) is 0 Å². The lowest BCUT2D eigenvalue weighted by Crippen LogP contribution is -2.47. The van der Waals surface area contributed by atoms with Crippen LogP contribution in [0.5, 0.6) is 0 Å². The minimum Gasteiger partial charge on any atom is -0.370 e. The first-order chi connectivity index (χ1) is 13.5. The number of rotatable bonds is 5. The number of pyridine rings is 1. The number of aliphatic imine (C=N–C) groups is 1. The van der Waals surface area contributed by atoms with Crippen molar-refractivity contribution in [1.82, 2.24) is 20.1 Å². The number of carbonyl (C=O) groups is 1. The van der Waals surface area contributed by atoms with E-state index in [1.165, 1.54) is 0 Å². The van der Waals surface area contributed by atoms with Crippen molar-refractivity contribution in [2.75, 3.05) is 58.3 Å². The third-order valence-electron chi connectivity index (χ3n) is 5.61. The third kappa shape index (κ3) is 5.58. The number of hydrogen-bond acceptors (Lipinski definition) is 5. The van der Waals surface area contributed by atoms with E-state index < -0.39 is 0 Å². The van der Waals surface area contributed by atoms with Gasteiger partial charge in [0.2, 0.25) is 5.91 Å². The summed E-state index contributed by atoms with van der Waals surface area (Å²) in [6.07, 6.45) is 4.50. The Hall–Kier alpha value is -2.35. The SMILES string of the molecule is CN=C(NCc1ccc(N2CCN(C)CC2)nc1)N1CCCC(CC(N)=O)C1. The highest BCUT2D eigenvalue weighted by atomic mass is 16.1. The van der Waals surface area contributed by atoms with E-state index >= 15 is 0 Å². The summed E-state index contributed by atoms with van der Waals surface area (Å²) in [5.74, 6) is 2.01. The van der Waals surface area contributed by atoms with E-state index in [9.17, 15) is 4.79 Å². The molecule has 2 fully saturated rings. The summed E-state index contributed by atoms with van der Waals surface area (Å²) >= 11 is 0. The summed E-state index contributed by atoms with van der Waals surface area (Å²) in [7, 11) is 3.96. The van der Waals surface area contributed by atoms with Crippen LogP contribution >= 0.6 is 0 Å². The van der Waals surface area contributed by atoms with Crippen LogP contribution in [-0.2, 0) is 11.3 Å². The molecule has 1 unspecified atom stereocenters. The zero-order chi connectivity index (χ0) is 19.9. The molecule has 3 N–H and O–H groups in total. The van der Waals surface area contributed by atoms with E-state index in [2.05, 4.69) is 49.2 Å². The standard InChI is InChI=1S/C20H33N7O/c1-22-20(27-7-3-4-16(15-27)12-18(21)28)24-14-17-5-6-19(23-13-17)26-10-8-25(2)9-11-26/h5-6,13,16H,3-4,7-12,14-15H2,1-2H3,(H2,21,28)(H,22,24). The van der Waals surface area contributed by atoms with Gasteiger partial charge in [-0.1, -0.05) is 6.07 Å². The van der Waals surface area contributed by atoms with Crippen LogP contribution in [0.2, 0.25) is 0 Å². The first-order valence-corrected chi connectivity index (χ1v) is 10.2. The summed E-state index contributed by atoms with van der Waals surface area (Å²) in [6, 6.07) is 4.24. The highest BCUT2D eigenvalue weighted by Crippen LogP contribution is 2.19. The maximum Gasteiger partial charge on any atom is 0.217 e. The number of nitrogens with one attached hydrogen (secondary N) is 1. The second-order valence-electron chi connectivity index (χ2n) is 7.84. The molecule has 1 atom stereocenters. The molecular weight excluding hydrogens is 354 g/mol. The average Bonchev–Trinajstić information content (AvgIpc) is 2.69. The Morgan fingerprint density at radius 1 is 1.29 bits per heavy atom. The molecule has 2 aliphatic rings. The normalized spacial score (nSPS) is 21.6. The molecule has 0 aromatic carbocycles. The van der Waals surface area contributed by atoms with Gasteiger partial charge in [0.25, 0.3) is 0 Å². The number of hydrogen-bond donors (Lipinski definition) is 2. The van der Waals surface area contributed by atoms with Gasteiger partial charge in [-0.25, -0.2) is 4.98 Å². The van der Waals surface area contributed by atoms with E-state index in [1.807, 2.05) is 6.20 Å². The van der Waals surface area contributed by atoms with Gasteiger partial charge < -0.3 is 25.8 Å². The van der Waals surface area contributed by atoms with Crippen LogP contribution in [0.3, 0.4) is 0 Å². The molecule has 0 radical (unpaired) electrons. The van der Waals surface area contributed by atoms with Crippen molar-refractivity contribution >= 4 is 17.7 Å². The number of primary amides is 1. The molecule has 0 bridgehead atoms. The molecule has 154 valence electrons. The molecule has 8 heteroatoms. The fourth-order valence-electron chi connectivity index (χ4n) is 3.97. The number of aromatic nitrogens is 1. The predicted octanol–water partition coefficient (Wildman–Crippen LogP) is 0.496. The fourth-order valence-corrected chi connectivity index (χ4v) is 3.97. The second kappa shape index (κ2) is 9.73. The molecule has 28 heavy (non-hydrogen) atoms. The van der Waals surface area contributed by atoms with Gasteiger partial charge in [0.05, 0.1) is 0 Å². The summed E-state index contributed by atoms with van der Waals surface area (Å²) in [6.45, 7) is 6.66. The zero-order valence-electron chi connectivity index (χ0n) is 17.1. The number of piperidine rings is 1. The van der Waals surface area contributed by atoms with E-state index in [4.69, 9.17) is 5.73 Å². The van der Waals surface area contributed by atoms with Crippen molar-refractivity contribution in [3.8, 4) is 0 Å². The number of piperazine rings is 1. The number of likely N-dealkylation sites (tertiary alicyclic amines) is 1. The number of anilines is 1. The smallest absolute Gasteiger partial charge is 0.217 e. The fraction of sp³-hybridized carbons (Fsp3) is 0.650. The Balaban J connectivity index is 1.51. The Morgan fingerprint density at radius 2 is 2.07 bits per heavy atom. The Bertz CT molecular complexity index is 668. The van der Waals surface area contributed by atoms with E-state index in [0.717, 1.165) is 69.5 Å². The van der Waals surface area contributed by atoms with Crippen LogP contribution < -0.4 is 16.0 Å². The number of carbonyl (C=O) groups excluding carboxylic acids is 1. The van der Waals surface area contributed by atoms with Gasteiger partial charge in [0, 0.05) is 65.5 Å². The van der Waals surface area contributed by atoms with Crippen LogP contribution in [0.25, 0.3) is 0 Å². The topological polar surface area (TPSA) is 90.1 Å². The number of likely N-dealkylation sites (N-methyl/N-ethyl adjacent to an activating group) is 1. The van der Waals surface area contributed by atoms with Crippen LogP contribution in [0.15, 0.2) is 23.3 Å². The summed E-state index contributed by atoms with van der Waals surface area (Å²) in [5, 5.41) is 3.43. The zero-order valence-corrected chi connectivity index (χ0v) is 17.1. The molecule has 0 aliphatic carbocycles. The van der Waals surface area contributed by atoms with E-state index in [0.29, 0.717) is 18.9 Å². The molecule has 2 aliphatic heterocycles. The minimum atomic E-state index is -0.221. The number of nitrogens with two attached hydrogens (primary N) is 1. The molecule has 0 spiro atoms. The third-order valence-corrected chi connectivity index (χ3v) is 5.61. The first kappa shape index (κ1) is 20.4. The van der Waals surface area contributed by atoms with E-state index in [-0.39, 0.29) is 5.91 Å². The molecule has 2 saturated heterocycles. The predicted molar refractivity (Wildman–Crippen MR) is 112 cm³/mol. The summed E-state index contributed by atoms with van der Waals surface area (Å²) < 4.78 is 0. The molecule has 0 saturated carbocycles. The molecule has 1 aromatic heterocycles. The van der Waals surface area contributed by atoms with Gasteiger partial charge >= 0.3 is 0 Å². The molecule has 3 rings (SSSR count). The van der Waals surface area contributed by atoms with E-state index in [1.54, 1.807) is 7.05 Å². The van der Waals surface area contributed by atoms with Crippen LogP contribution in [0.1, 0.15) is 24.8 Å². The monoisotopic (exact) mass is 387 g/mol. The highest BCUT2D eigenvalue weighted by molar-refractivity contribution is 5.80. The lowest BCUT2D eigenvalue weighted by molar-refractivity contribution is -0.119. The van der Waals surface area contributed by atoms with Gasteiger partial charge in [-0.05, 0) is 37.4 Å². The van der Waals surface area contributed by atoms with Crippen molar-refractivity contribution in [2.24, 2.45) is 16.6 Å². The number of nitrogens with zero attached hydrogens (tertiary/aromatic N) is 5. The molecular formula is C20H33N7O. The molecule has 8 nitrogen and oxygen atoms in total. The van der Waals surface area contributed by atoms with Gasteiger partial charge in [0.15, 0.2) is 5.96 Å². The van der Waals surface area contributed by atoms with Crippen molar-refractivity contribution in [1.29, 1.82) is 0 Å². The average molecular weight is 388 g/mol. The first-order valence-electron chi connectivity index (χ1n) is 10.2. The maximum absolute atomic E-state index is 11.2. The quantitative estimate of drug-likeness (QED) is 0.565. The van der Waals surface area contributed by atoms with Crippen molar-refractivity contribution in [2.45, 2.75) is 25.8 Å². The minimum absolute atomic E-state index is 0.221. The summed E-state index contributed by atoms with van der Waals surface area (Å²) in [4.78, 5) is 27.2. The Morgan fingerprint density at radius 3 is 2.71 bits per heavy atom. The largest absolute Gasteiger partial charge is 0.370 e. The van der Waals surface area contributed by atoms with Gasteiger partial charge in [-0.3, -0.25) is 9.79 Å². The van der Waals surface area contributed by atoms with Crippen LogP contribution in [0.4, 0.5) is 5.82 Å². The Kier molecular flexibility index (Phi) is 7.08. The van der Waals surface area contributed by atoms with Gasteiger partial charge in [-0.2, -0.15) is 0 Å². The summed E-state index contributed by atoms with van der Waals surface area (Å²) in [5.41, 5.74) is 6.50. The van der Waals surface area contributed by atoms with Gasteiger partial charge in [-0.15, -0.1) is 0 Å². The number of amides is 1. The second-order valence-corrected chi connectivity index (χ2v) is 7.84. The lowest BCUT2D eigenvalue weighted by Gasteiger charge is -2.34. The molecule has 1 aromatic rings. The molecule has 3 heterocycles. The molecule has 1 amide bonds. The van der Waals surface area contributed by atoms with Crippen LogP contribution in [0, 0.1) is 5.92 Å². The van der Waals surface area contributed by atoms with Crippen molar-refractivity contribution < 1.29 is 4.79 Å². The number of guanidine groups is 1. The van der Waals surface area contributed by atoms with Crippen molar-refractivity contribution in [3.05, 3.63) is 23.9 Å². The maximum atomic E-state index is 11.2. The lowest BCUT2D eigenvalue weighted by atomic mass is 9.95. The highest BCUT2D eigenvalue weighted by Gasteiger charge is 2.23. The van der Waals surface area contributed by atoms with Gasteiger partial charge in [0.1, 0.15) is 5.82 Å². The van der Waals surface area contributed by atoms with Crippen LogP contribution in [-0.4, -0.2) is 80.0 Å².